The fourth-order valence-electron chi connectivity index (χ4n) is 2.67. The predicted molar refractivity (Wildman–Crippen MR) is 149 cm³/mol. The molecule has 4 rings (SSSR count). The van der Waals surface area contributed by atoms with Gasteiger partial charge in [-0.2, -0.15) is 0 Å². The molecule has 0 aliphatic rings. The topological polar surface area (TPSA) is 58.9 Å². The van der Waals surface area contributed by atoms with Crippen LogP contribution in [0.1, 0.15) is 55.4 Å². The number of hydrogen-bond donors (Lipinski definition) is 1. The molecule has 34 heavy (non-hydrogen) atoms. The van der Waals surface area contributed by atoms with E-state index in [1.165, 1.54) is 6.07 Å². The Morgan fingerprint density at radius 2 is 0.912 bits per heavy atom. The van der Waals surface area contributed by atoms with Crippen molar-refractivity contribution in [1.82, 2.24) is 15.0 Å². The first-order chi connectivity index (χ1) is 16.7. The van der Waals surface area contributed by atoms with Crippen LogP contribution in [-0.2, 0) is 0 Å². The first-order valence-electron chi connectivity index (χ1n) is 12.2. The lowest BCUT2D eigenvalue weighted by atomic mass is 9.94. The molecule has 4 nitrogen and oxygen atoms in total. The summed E-state index contributed by atoms with van der Waals surface area (Å²) in [5, 5.41) is 10.3. The number of rotatable bonds is 3. The second kappa shape index (κ2) is 18.0. The number of hydrogen-bond acceptors (Lipinski definition) is 4. The zero-order valence-electron chi connectivity index (χ0n) is 21.9. The van der Waals surface area contributed by atoms with Gasteiger partial charge in [0.2, 0.25) is 0 Å². The van der Waals surface area contributed by atoms with Gasteiger partial charge < -0.3 is 5.11 Å². The Labute approximate surface area is 207 Å². The second-order valence-electron chi connectivity index (χ2n) is 5.81. The highest BCUT2D eigenvalue weighted by atomic mass is 16.3. The van der Waals surface area contributed by atoms with Gasteiger partial charge in [0.25, 0.3) is 0 Å². The van der Waals surface area contributed by atoms with E-state index in [1.54, 1.807) is 12.1 Å². The van der Waals surface area contributed by atoms with Gasteiger partial charge >= 0.3 is 0 Å². The molecule has 0 spiro atoms. The zero-order valence-corrected chi connectivity index (χ0v) is 21.9. The molecule has 0 unspecified atom stereocenters. The van der Waals surface area contributed by atoms with Gasteiger partial charge in [-0.3, -0.25) is 0 Å². The fourth-order valence-corrected chi connectivity index (χ4v) is 2.67. The van der Waals surface area contributed by atoms with Crippen LogP contribution in [0.2, 0.25) is 0 Å². The fraction of sp³-hybridized carbons (Fsp3) is 0.276. The molecular weight excluding hydrogens is 417 g/mol. The summed E-state index contributed by atoms with van der Waals surface area (Å²) in [6.45, 7) is 16.0. The van der Waals surface area contributed by atoms with Gasteiger partial charge in [-0.1, -0.05) is 128 Å². The quantitative estimate of drug-likeness (QED) is 0.326. The third-order valence-corrected chi connectivity index (χ3v) is 3.96. The molecule has 0 fully saturated rings. The number of aromatic hydroxyl groups is 1. The van der Waals surface area contributed by atoms with E-state index in [-0.39, 0.29) is 5.75 Å². The summed E-state index contributed by atoms with van der Waals surface area (Å²) in [6.07, 6.45) is 0. The molecule has 2 radical (unpaired) electrons. The van der Waals surface area contributed by atoms with Crippen molar-refractivity contribution in [2.75, 3.05) is 0 Å². The van der Waals surface area contributed by atoms with Crippen LogP contribution in [0, 0.1) is 0 Å². The molecular formula is C29H38BN3O. The lowest BCUT2D eigenvalue weighted by Gasteiger charge is -2.09. The Morgan fingerprint density at radius 1 is 0.529 bits per heavy atom. The van der Waals surface area contributed by atoms with E-state index in [2.05, 4.69) is 15.0 Å². The minimum Gasteiger partial charge on any atom is -0.507 e. The molecule has 3 aromatic carbocycles. The Balaban J connectivity index is 0.00000124. The molecule has 1 heterocycles. The summed E-state index contributed by atoms with van der Waals surface area (Å²) < 4.78 is 0. The molecule has 0 saturated carbocycles. The Bertz CT molecular complexity index is 998. The van der Waals surface area contributed by atoms with Gasteiger partial charge in [-0.25, -0.2) is 15.0 Å². The van der Waals surface area contributed by atoms with Crippen LogP contribution >= 0.6 is 0 Å². The summed E-state index contributed by atoms with van der Waals surface area (Å²) in [7, 11) is 5.73. The molecule has 1 N–H and O–H groups in total. The lowest BCUT2D eigenvalue weighted by molar-refractivity contribution is 0.477. The maximum atomic E-state index is 10.3. The van der Waals surface area contributed by atoms with Crippen molar-refractivity contribution in [3.63, 3.8) is 0 Å². The van der Waals surface area contributed by atoms with E-state index < -0.39 is 0 Å². The van der Waals surface area contributed by atoms with Crippen LogP contribution in [0.5, 0.6) is 5.75 Å². The lowest BCUT2D eigenvalue weighted by Crippen LogP contribution is -2.03. The van der Waals surface area contributed by atoms with E-state index in [0.717, 1.165) is 11.1 Å². The standard InChI is InChI=1S/C21H14BN3O.4C2H6/c22-16-11-12-17(18(26)13-16)21-24-19(14-7-3-1-4-8-14)23-20(25-21)15-9-5-2-6-10-15;4*1-2/h1-13,26H;4*1-2H3. The third kappa shape index (κ3) is 8.82. The van der Waals surface area contributed by atoms with Crippen LogP contribution in [0.3, 0.4) is 0 Å². The van der Waals surface area contributed by atoms with Crippen LogP contribution in [0.25, 0.3) is 34.2 Å². The minimum absolute atomic E-state index is 0.0363. The SMILES string of the molecule is CC.CC.CC.CC.[B]c1ccc(-c2nc(-c3ccccc3)nc(-c3ccccc3)n2)c(O)c1. The maximum Gasteiger partial charge on any atom is 0.167 e. The first-order valence-corrected chi connectivity index (χ1v) is 12.2. The predicted octanol–water partition coefficient (Wildman–Crippen LogP) is 7.48. The number of benzene rings is 3. The molecule has 0 aliphatic carbocycles. The van der Waals surface area contributed by atoms with Gasteiger partial charge in [0.05, 0.1) is 5.56 Å². The largest absolute Gasteiger partial charge is 0.507 e. The number of nitrogens with zero attached hydrogens (tertiary/aromatic N) is 3. The molecule has 1 aromatic heterocycles. The van der Waals surface area contributed by atoms with Crippen molar-refractivity contribution in [2.45, 2.75) is 55.4 Å². The Morgan fingerprint density at radius 3 is 1.29 bits per heavy atom. The van der Waals surface area contributed by atoms with Crippen molar-refractivity contribution in [3.8, 4) is 39.9 Å². The highest BCUT2D eigenvalue weighted by molar-refractivity contribution is 6.32. The van der Waals surface area contributed by atoms with Gasteiger partial charge in [0, 0.05) is 11.1 Å². The van der Waals surface area contributed by atoms with Crippen LogP contribution in [0.15, 0.2) is 78.9 Å². The minimum atomic E-state index is 0.0363. The van der Waals surface area contributed by atoms with E-state index >= 15 is 0 Å². The highest BCUT2D eigenvalue weighted by Gasteiger charge is 2.14. The Kier molecular flexibility index (Phi) is 16.2. The first kappa shape index (κ1) is 30.5. The monoisotopic (exact) mass is 455 g/mol. The molecule has 178 valence electrons. The van der Waals surface area contributed by atoms with Gasteiger partial charge in [0.15, 0.2) is 17.5 Å². The van der Waals surface area contributed by atoms with Crippen molar-refractivity contribution >= 4 is 13.3 Å². The summed E-state index contributed by atoms with van der Waals surface area (Å²) in [6, 6.07) is 24.3. The van der Waals surface area contributed by atoms with Gasteiger partial charge in [-0.15, -0.1) is 0 Å². The zero-order chi connectivity index (χ0) is 25.9. The average Bonchev–Trinajstić information content (AvgIpc) is 2.94. The molecule has 0 atom stereocenters. The second-order valence-corrected chi connectivity index (χ2v) is 5.81. The summed E-state index contributed by atoms with van der Waals surface area (Å²) >= 11 is 0. The third-order valence-electron chi connectivity index (χ3n) is 3.96. The molecule has 5 heteroatoms. The van der Waals surface area contributed by atoms with Crippen molar-refractivity contribution in [1.29, 1.82) is 0 Å². The normalized spacial score (nSPS) is 8.82. The maximum absolute atomic E-state index is 10.3. The van der Waals surface area contributed by atoms with E-state index in [0.29, 0.717) is 28.5 Å². The molecule has 0 aliphatic heterocycles. The summed E-state index contributed by atoms with van der Waals surface area (Å²) in [5.74, 6) is 1.53. The van der Waals surface area contributed by atoms with Crippen LogP contribution < -0.4 is 5.46 Å². The van der Waals surface area contributed by atoms with Crippen LogP contribution in [0.4, 0.5) is 0 Å². The molecule has 0 amide bonds. The average molecular weight is 455 g/mol. The summed E-state index contributed by atoms with van der Waals surface area (Å²) in [4.78, 5) is 13.8. The van der Waals surface area contributed by atoms with Crippen molar-refractivity contribution in [3.05, 3.63) is 78.9 Å². The number of phenolic OH excluding ortho intramolecular Hbond substituents is 1. The van der Waals surface area contributed by atoms with Gasteiger partial charge in [-0.05, 0) is 12.1 Å². The van der Waals surface area contributed by atoms with E-state index in [4.69, 9.17) is 7.85 Å². The van der Waals surface area contributed by atoms with Crippen molar-refractivity contribution in [2.24, 2.45) is 0 Å². The molecule has 0 bridgehead atoms. The number of phenols is 1. The Hall–Kier alpha value is -3.47. The van der Waals surface area contributed by atoms with Crippen molar-refractivity contribution < 1.29 is 5.11 Å². The summed E-state index contributed by atoms with van der Waals surface area (Å²) in [5.41, 5.74) is 2.74. The molecule has 0 saturated heterocycles. The molecule has 4 aromatic rings. The highest BCUT2D eigenvalue weighted by Crippen LogP contribution is 2.28. The van der Waals surface area contributed by atoms with E-state index in [1.807, 2.05) is 116 Å². The van der Waals surface area contributed by atoms with Crippen LogP contribution in [-0.4, -0.2) is 27.9 Å². The smallest absolute Gasteiger partial charge is 0.167 e. The van der Waals surface area contributed by atoms with Gasteiger partial charge in [0.1, 0.15) is 13.6 Å². The number of aromatic nitrogens is 3. The van der Waals surface area contributed by atoms with E-state index in [9.17, 15) is 5.11 Å².